The molecule has 0 spiro atoms. The van der Waals surface area contributed by atoms with Crippen molar-refractivity contribution in [2.75, 3.05) is 9.80 Å². The SMILES string of the molecule is C=C1/C=C(N(c2ccccc2)c2ccccc2)\C=C/Cc2ccc3c(c2C1(C)C)C(C)(C)c1cc(N(c2ccccc2)c2ccccc2)ccc1-3. The van der Waals surface area contributed by atoms with Gasteiger partial charge in [0, 0.05) is 45.0 Å². The van der Waals surface area contributed by atoms with Gasteiger partial charge < -0.3 is 9.80 Å². The second-order valence-electron chi connectivity index (χ2n) is 14.7. The van der Waals surface area contributed by atoms with Crippen LogP contribution in [-0.2, 0) is 17.3 Å². The molecule has 0 amide bonds. The molecule has 6 aromatic carbocycles. The van der Waals surface area contributed by atoms with E-state index >= 15 is 0 Å². The normalized spacial score (nSPS) is 17.0. The van der Waals surface area contributed by atoms with Gasteiger partial charge in [0.2, 0.25) is 0 Å². The average Bonchev–Trinajstić information content (AvgIpc) is 3.40. The van der Waals surface area contributed by atoms with Crippen LogP contribution < -0.4 is 9.80 Å². The van der Waals surface area contributed by atoms with Crippen LogP contribution in [0.15, 0.2) is 188 Å². The molecule has 0 saturated carbocycles. The van der Waals surface area contributed by atoms with Gasteiger partial charge in [0.05, 0.1) is 0 Å². The maximum atomic E-state index is 4.81. The largest absolute Gasteiger partial charge is 0.311 e. The van der Waals surface area contributed by atoms with Crippen molar-refractivity contribution in [2.24, 2.45) is 0 Å². The molecule has 0 heterocycles. The summed E-state index contributed by atoms with van der Waals surface area (Å²) in [6.07, 6.45) is 7.74. The molecule has 2 heteroatoms. The highest BCUT2D eigenvalue weighted by Crippen LogP contribution is 2.55. The number of benzene rings is 6. The van der Waals surface area contributed by atoms with Crippen LogP contribution in [0.2, 0.25) is 0 Å². The average molecular weight is 661 g/mol. The van der Waals surface area contributed by atoms with Crippen molar-refractivity contribution in [3.63, 3.8) is 0 Å². The first kappa shape index (κ1) is 32.4. The minimum absolute atomic E-state index is 0.229. The van der Waals surface area contributed by atoms with Crippen molar-refractivity contribution in [2.45, 2.75) is 44.9 Å². The van der Waals surface area contributed by atoms with Crippen molar-refractivity contribution in [1.82, 2.24) is 0 Å². The third-order valence-corrected chi connectivity index (χ3v) is 10.8. The van der Waals surface area contributed by atoms with Crippen LogP contribution in [0.3, 0.4) is 0 Å². The second kappa shape index (κ2) is 12.8. The molecule has 2 aliphatic rings. The molecule has 0 unspecified atom stereocenters. The molecule has 51 heavy (non-hydrogen) atoms. The molecule has 0 aliphatic heterocycles. The van der Waals surface area contributed by atoms with E-state index < -0.39 is 0 Å². The van der Waals surface area contributed by atoms with Gasteiger partial charge in [-0.2, -0.15) is 0 Å². The molecule has 8 rings (SSSR count). The lowest BCUT2D eigenvalue weighted by molar-refractivity contribution is 0.584. The Morgan fingerprint density at radius 2 is 0.980 bits per heavy atom. The number of hydrogen-bond acceptors (Lipinski definition) is 2. The van der Waals surface area contributed by atoms with Crippen molar-refractivity contribution in [1.29, 1.82) is 0 Å². The highest BCUT2D eigenvalue weighted by Gasteiger charge is 2.42. The molecule has 0 bridgehead atoms. The molecule has 0 radical (unpaired) electrons. The molecule has 2 aliphatic carbocycles. The van der Waals surface area contributed by atoms with Gasteiger partial charge in [0.15, 0.2) is 0 Å². The van der Waals surface area contributed by atoms with Crippen molar-refractivity contribution in [3.8, 4) is 11.1 Å². The molecule has 0 aromatic heterocycles. The lowest BCUT2D eigenvalue weighted by Gasteiger charge is -2.36. The molecular weight excluding hydrogens is 617 g/mol. The van der Waals surface area contributed by atoms with E-state index in [0.717, 1.165) is 46.1 Å². The van der Waals surface area contributed by atoms with Gasteiger partial charge in [0.1, 0.15) is 0 Å². The first-order valence-electron chi connectivity index (χ1n) is 17.9. The molecular formula is C49H44N2. The molecule has 250 valence electrons. The summed E-state index contributed by atoms with van der Waals surface area (Å²) in [7, 11) is 0. The lowest BCUT2D eigenvalue weighted by Crippen LogP contribution is -2.28. The Bertz CT molecular complexity index is 2200. The molecule has 0 atom stereocenters. The lowest BCUT2D eigenvalue weighted by atomic mass is 9.68. The Hall–Kier alpha value is -5.86. The number of nitrogens with zero attached hydrogens (tertiary/aromatic N) is 2. The maximum absolute atomic E-state index is 4.81. The summed E-state index contributed by atoms with van der Waals surface area (Å²) in [6.45, 7) is 14.4. The predicted octanol–water partition coefficient (Wildman–Crippen LogP) is 13.1. The molecule has 6 aromatic rings. The Morgan fingerprint density at radius 3 is 1.51 bits per heavy atom. The molecule has 0 fully saturated rings. The van der Waals surface area contributed by atoms with E-state index in [1.54, 1.807) is 0 Å². The number of fused-ring (bicyclic) bond motifs is 5. The van der Waals surface area contributed by atoms with Crippen LogP contribution in [0.1, 0.15) is 49.9 Å². The van der Waals surface area contributed by atoms with Crippen LogP contribution >= 0.6 is 0 Å². The number of rotatable bonds is 6. The zero-order valence-corrected chi connectivity index (χ0v) is 30.0. The van der Waals surface area contributed by atoms with Crippen LogP contribution in [-0.4, -0.2) is 0 Å². The Morgan fingerprint density at radius 1 is 0.490 bits per heavy atom. The smallest absolute Gasteiger partial charge is 0.0465 e. The Balaban J connectivity index is 1.25. The van der Waals surface area contributed by atoms with Gasteiger partial charge in [-0.15, -0.1) is 0 Å². The number of hydrogen-bond donors (Lipinski definition) is 0. The van der Waals surface area contributed by atoms with Gasteiger partial charge in [-0.05, 0) is 118 Å². The third-order valence-electron chi connectivity index (χ3n) is 10.8. The first-order valence-corrected chi connectivity index (χ1v) is 17.9. The maximum Gasteiger partial charge on any atom is 0.0465 e. The van der Waals surface area contributed by atoms with Crippen molar-refractivity contribution >= 4 is 28.4 Å². The standard InChI is InChI=1S/C49H44N2/c1-35-33-41(50(37-20-10-6-11-21-37)38-22-12-7-13-23-38)28-18-19-36-29-31-44-43-32-30-42(34-45(43)49(4,5)47(44)46(36)48(35,2)3)51(39-24-14-8-15-25-39)40-26-16-9-17-27-40/h6-18,20-34H,1,19H2,2-5H3/b28-18-,41-33+. The van der Waals surface area contributed by atoms with Crippen molar-refractivity contribution < 1.29 is 0 Å². The van der Waals surface area contributed by atoms with E-state index in [2.05, 4.69) is 207 Å². The fourth-order valence-electron chi connectivity index (χ4n) is 8.18. The second-order valence-corrected chi connectivity index (χ2v) is 14.7. The van der Waals surface area contributed by atoms with E-state index in [1.165, 1.54) is 33.4 Å². The summed E-state index contributed by atoms with van der Waals surface area (Å²) in [5, 5.41) is 0. The number of para-hydroxylation sites is 4. The summed E-state index contributed by atoms with van der Waals surface area (Å²) in [5.41, 5.74) is 15.5. The minimum Gasteiger partial charge on any atom is -0.311 e. The highest BCUT2D eigenvalue weighted by molar-refractivity contribution is 5.87. The fraction of sp³-hybridized carbons (Fsp3) is 0.143. The summed E-state index contributed by atoms with van der Waals surface area (Å²) in [5.74, 6) is 0. The van der Waals surface area contributed by atoms with Crippen molar-refractivity contribution in [3.05, 3.63) is 210 Å². The van der Waals surface area contributed by atoms with Gasteiger partial charge in [0.25, 0.3) is 0 Å². The summed E-state index contributed by atoms with van der Waals surface area (Å²) < 4.78 is 0. The third kappa shape index (κ3) is 5.62. The number of anilines is 5. The fourth-order valence-corrected chi connectivity index (χ4v) is 8.18. The molecule has 0 N–H and O–H groups in total. The molecule has 0 saturated heterocycles. The van der Waals surface area contributed by atoms with E-state index in [1.807, 2.05) is 0 Å². The Kier molecular flexibility index (Phi) is 8.11. The van der Waals surface area contributed by atoms with E-state index in [0.29, 0.717) is 0 Å². The van der Waals surface area contributed by atoms with Crippen LogP contribution in [0.25, 0.3) is 11.1 Å². The zero-order valence-electron chi connectivity index (χ0n) is 30.0. The quantitative estimate of drug-likeness (QED) is 0.175. The van der Waals surface area contributed by atoms with E-state index in [4.69, 9.17) is 6.58 Å². The van der Waals surface area contributed by atoms with Gasteiger partial charge in [-0.3, -0.25) is 0 Å². The summed E-state index contributed by atoms with van der Waals surface area (Å²) in [4.78, 5) is 4.70. The predicted molar refractivity (Wildman–Crippen MR) is 217 cm³/mol. The van der Waals surface area contributed by atoms with Crippen LogP contribution in [0.4, 0.5) is 28.4 Å². The summed E-state index contributed by atoms with van der Waals surface area (Å²) in [6, 6.07) is 54.4. The van der Waals surface area contributed by atoms with Crippen LogP contribution in [0, 0.1) is 0 Å². The summed E-state index contributed by atoms with van der Waals surface area (Å²) >= 11 is 0. The van der Waals surface area contributed by atoms with E-state index in [-0.39, 0.29) is 10.8 Å². The van der Waals surface area contributed by atoms with E-state index in [9.17, 15) is 0 Å². The molecule has 2 nitrogen and oxygen atoms in total. The zero-order chi connectivity index (χ0) is 35.2. The van der Waals surface area contributed by atoms with Gasteiger partial charge in [-0.25, -0.2) is 0 Å². The van der Waals surface area contributed by atoms with Gasteiger partial charge >= 0.3 is 0 Å². The number of allylic oxidation sites excluding steroid dienone is 4. The first-order chi connectivity index (χ1) is 24.7. The highest BCUT2D eigenvalue weighted by atomic mass is 15.1. The topological polar surface area (TPSA) is 6.48 Å². The minimum atomic E-state index is -0.334. The van der Waals surface area contributed by atoms with Gasteiger partial charge in [-0.1, -0.05) is 131 Å². The monoisotopic (exact) mass is 660 g/mol. The Labute approximate surface area is 303 Å². The van der Waals surface area contributed by atoms with Crippen LogP contribution in [0.5, 0.6) is 0 Å².